The Hall–Kier alpha value is -1.59. The molecule has 0 amide bonds. The topological polar surface area (TPSA) is 253 Å². The fraction of sp³-hybridized carbons (Fsp3) is 0.667. The summed E-state index contributed by atoms with van der Waals surface area (Å²) in [5.41, 5.74) is -1.24. The number of Topliss-reactive ketones (excluding diaryl/α,β-unsaturated/α-hetero) is 1. The maximum atomic E-state index is 12.1. The number of hydrogen-bond donors (Lipinski definition) is 6. The lowest BCUT2D eigenvalue weighted by Gasteiger charge is -2.31. The number of aliphatic hydroxyl groups excluding tert-OH is 3. The smallest absolute Gasteiger partial charge is 0.390 e. The quantitative estimate of drug-likeness (QED) is 0.188. The first kappa shape index (κ1) is 27.0. The Morgan fingerprint density at radius 1 is 1.18 bits per heavy atom. The molecule has 1 aromatic rings. The van der Waals surface area contributed by atoms with Gasteiger partial charge in [-0.05, 0) is 6.92 Å². The van der Waals surface area contributed by atoms with Gasteiger partial charge in [-0.15, -0.1) is 0 Å². The van der Waals surface area contributed by atoms with Crippen LogP contribution >= 0.6 is 15.6 Å². The van der Waals surface area contributed by atoms with Gasteiger partial charge in [0.05, 0.1) is 12.7 Å². The van der Waals surface area contributed by atoms with Gasteiger partial charge in [0.2, 0.25) is 0 Å². The number of carbonyl (C=O) groups is 1. The van der Waals surface area contributed by atoms with E-state index < -0.39 is 82.8 Å². The number of phosphoric acid groups is 2. The number of nitrogens with zero attached hydrogens (tertiary/aromatic N) is 1. The summed E-state index contributed by atoms with van der Waals surface area (Å²) in [7, 11) is -10.8. The summed E-state index contributed by atoms with van der Waals surface area (Å²) < 4.78 is 48.2. The highest BCUT2D eigenvalue weighted by Gasteiger charge is 2.45. The molecule has 0 saturated carbocycles. The second-order valence-electron chi connectivity index (χ2n) is 7.41. The van der Waals surface area contributed by atoms with Gasteiger partial charge in [0.15, 0.2) is 12.1 Å². The van der Waals surface area contributed by atoms with E-state index in [9.17, 15) is 48.6 Å². The Balaban J connectivity index is 1.58. The minimum Gasteiger partial charge on any atom is -0.390 e. The lowest BCUT2D eigenvalue weighted by atomic mass is 10.1. The molecule has 6 N–H and O–H groups in total. The van der Waals surface area contributed by atoms with Gasteiger partial charge in [-0.25, -0.2) is 13.9 Å². The van der Waals surface area contributed by atoms with Crippen molar-refractivity contribution in [2.24, 2.45) is 0 Å². The molecule has 2 saturated heterocycles. The number of H-pyrrole nitrogens is 1. The molecular formula is C15H22N2O15P2. The molecule has 0 aliphatic carbocycles. The molecule has 2 aliphatic heterocycles. The summed E-state index contributed by atoms with van der Waals surface area (Å²) in [4.78, 5) is 56.1. The monoisotopic (exact) mass is 532 g/mol. The first-order valence-corrected chi connectivity index (χ1v) is 12.5. The predicted molar refractivity (Wildman–Crippen MR) is 105 cm³/mol. The van der Waals surface area contributed by atoms with Crippen molar-refractivity contribution in [3.63, 3.8) is 0 Å². The van der Waals surface area contributed by atoms with Crippen LogP contribution < -0.4 is 11.2 Å². The van der Waals surface area contributed by atoms with Crippen molar-refractivity contribution in [2.45, 2.75) is 50.3 Å². The van der Waals surface area contributed by atoms with Gasteiger partial charge in [0, 0.05) is 18.2 Å². The number of ether oxygens (including phenoxy) is 2. The SMILES string of the molecule is Cc1cn([C@H]2C[C@H](O)[C@@H](COP(=O)(O)OP(=O)(O)O[C@H]3OCC(=O)[C@H](O)[C@H]3O)O2)c(=O)[nH]c1=O. The van der Waals surface area contributed by atoms with Crippen LogP contribution in [0.1, 0.15) is 18.2 Å². The Bertz CT molecular complexity index is 1130. The molecule has 2 unspecified atom stereocenters. The number of nitrogens with one attached hydrogen (secondary N) is 1. The summed E-state index contributed by atoms with van der Waals surface area (Å²) in [5, 5.41) is 29.2. The lowest BCUT2D eigenvalue weighted by Crippen LogP contribution is -2.51. The van der Waals surface area contributed by atoms with E-state index in [1.807, 2.05) is 0 Å². The van der Waals surface area contributed by atoms with Crippen molar-refractivity contribution in [3.05, 3.63) is 32.6 Å². The van der Waals surface area contributed by atoms with Crippen LogP contribution in [0.3, 0.4) is 0 Å². The van der Waals surface area contributed by atoms with Crippen LogP contribution in [0.5, 0.6) is 0 Å². The van der Waals surface area contributed by atoms with E-state index in [2.05, 4.69) is 23.1 Å². The molecular weight excluding hydrogens is 510 g/mol. The molecule has 8 atom stereocenters. The number of aromatic amines is 1. The molecule has 0 spiro atoms. The third-order valence-corrected chi connectivity index (χ3v) is 7.43. The first-order chi connectivity index (χ1) is 15.7. The summed E-state index contributed by atoms with van der Waals surface area (Å²) >= 11 is 0. The molecule has 2 fully saturated rings. The van der Waals surface area contributed by atoms with Gasteiger partial charge >= 0.3 is 21.3 Å². The molecule has 34 heavy (non-hydrogen) atoms. The maximum absolute atomic E-state index is 12.1. The summed E-state index contributed by atoms with van der Waals surface area (Å²) in [6, 6.07) is 0. The number of aliphatic hydroxyl groups is 3. The molecule has 192 valence electrons. The van der Waals surface area contributed by atoms with Crippen LogP contribution in [0.2, 0.25) is 0 Å². The van der Waals surface area contributed by atoms with Gasteiger partial charge in [-0.2, -0.15) is 4.31 Å². The molecule has 17 nitrogen and oxygen atoms in total. The van der Waals surface area contributed by atoms with E-state index in [1.54, 1.807) is 0 Å². The standard InChI is InChI=1S/C15H22N2O15P2/c1-6-3-17(15(23)16-13(6)22)10-2-7(18)9(30-10)5-29-33(24,25)32-34(26,27)31-14-12(21)11(20)8(19)4-28-14/h3,7,9-12,14,18,20-21H,2,4-5H2,1H3,(H,24,25)(H,26,27)(H,16,22,23)/t7-,9+,10+,11-,12+,14+/m0/s1. The van der Waals surface area contributed by atoms with Crippen molar-refractivity contribution < 1.29 is 61.9 Å². The maximum Gasteiger partial charge on any atom is 0.483 e. The zero-order valence-corrected chi connectivity index (χ0v) is 19.1. The first-order valence-electron chi connectivity index (χ1n) is 9.55. The number of carbonyl (C=O) groups excluding carboxylic acids is 1. The van der Waals surface area contributed by atoms with Gasteiger partial charge in [-0.3, -0.25) is 28.2 Å². The average Bonchev–Trinajstić information content (AvgIpc) is 3.09. The fourth-order valence-electron chi connectivity index (χ4n) is 3.09. The Morgan fingerprint density at radius 2 is 1.85 bits per heavy atom. The second kappa shape index (κ2) is 10.2. The minimum absolute atomic E-state index is 0.157. The normalized spacial score (nSPS) is 33.4. The van der Waals surface area contributed by atoms with Crippen molar-refractivity contribution in [1.29, 1.82) is 0 Å². The number of aromatic nitrogens is 2. The highest BCUT2D eigenvalue weighted by Crippen LogP contribution is 2.61. The van der Waals surface area contributed by atoms with Crippen molar-refractivity contribution in [2.75, 3.05) is 13.2 Å². The molecule has 2 aliphatic rings. The van der Waals surface area contributed by atoms with Crippen molar-refractivity contribution in [3.8, 4) is 0 Å². The number of phosphoric ester groups is 2. The molecule has 3 heterocycles. The molecule has 1 aromatic heterocycles. The third-order valence-electron chi connectivity index (χ3n) is 4.83. The Morgan fingerprint density at radius 3 is 2.53 bits per heavy atom. The summed E-state index contributed by atoms with van der Waals surface area (Å²) in [6.45, 7) is -0.171. The molecule has 0 aromatic carbocycles. The van der Waals surface area contributed by atoms with Crippen LogP contribution in [-0.4, -0.2) is 84.4 Å². The fourth-order valence-corrected chi connectivity index (χ4v) is 5.26. The van der Waals surface area contributed by atoms with Gasteiger partial charge in [0.1, 0.15) is 31.1 Å². The van der Waals surface area contributed by atoms with Crippen LogP contribution in [0, 0.1) is 6.92 Å². The Kier molecular flexibility index (Phi) is 8.09. The zero-order valence-electron chi connectivity index (χ0n) is 17.3. The molecule has 0 bridgehead atoms. The Labute approximate surface area is 189 Å². The van der Waals surface area contributed by atoms with Gasteiger partial charge in [0.25, 0.3) is 5.56 Å². The summed E-state index contributed by atoms with van der Waals surface area (Å²) in [5.74, 6) is -0.926. The van der Waals surface area contributed by atoms with Crippen LogP contribution in [-0.2, 0) is 36.8 Å². The van der Waals surface area contributed by atoms with E-state index in [4.69, 9.17) is 4.74 Å². The van der Waals surface area contributed by atoms with E-state index in [1.165, 1.54) is 13.1 Å². The average molecular weight is 532 g/mol. The van der Waals surface area contributed by atoms with E-state index in [0.29, 0.717) is 0 Å². The second-order valence-corrected chi connectivity index (χ2v) is 10.4. The van der Waals surface area contributed by atoms with Crippen LogP contribution in [0.15, 0.2) is 15.8 Å². The summed E-state index contributed by atoms with van der Waals surface area (Å²) in [6.07, 6.45) is -8.70. The van der Waals surface area contributed by atoms with E-state index >= 15 is 0 Å². The van der Waals surface area contributed by atoms with E-state index in [0.717, 1.165) is 4.57 Å². The number of rotatable bonds is 8. The number of aryl methyl sites for hydroxylation is 1. The lowest BCUT2D eigenvalue weighted by molar-refractivity contribution is -0.209. The molecule has 19 heteroatoms. The highest BCUT2D eigenvalue weighted by molar-refractivity contribution is 7.61. The zero-order chi connectivity index (χ0) is 25.4. The van der Waals surface area contributed by atoms with Gasteiger partial charge < -0.3 is 34.6 Å². The van der Waals surface area contributed by atoms with Crippen molar-refractivity contribution in [1.82, 2.24) is 9.55 Å². The number of hydrogen-bond acceptors (Lipinski definition) is 13. The predicted octanol–water partition coefficient (Wildman–Crippen LogP) is -2.61. The minimum atomic E-state index is -5.45. The van der Waals surface area contributed by atoms with Gasteiger partial charge in [-0.1, -0.05) is 0 Å². The number of ketones is 1. The molecule has 3 rings (SSSR count). The van der Waals surface area contributed by atoms with Crippen LogP contribution in [0.25, 0.3) is 0 Å². The largest absolute Gasteiger partial charge is 0.483 e. The van der Waals surface area contributed by atoms with E-state index in [-0.39, 0.29) is 12.0 Å². The highest BCUT2D eigenvalue weighted by atomic mass is 31.3. The molecule has 0 radical (unpaired) electrons. The third kappa shape index (κ3) is 6.34. The van der Waals surface area contributed by atoms with Crippen molar-refractivity contribution >= 4 is 21.4 Å². The van der Waals surface area contributed by atoms with Crippen LogP contribution in [0.4, 0.5) is 0 Å².